The van der Waals surface area contributed by atoms with Crippen LogP contribution in [-0.2, 0) is 0 Å². The van der Waals surface area contributed by atoms with Crippen LogP contribution in [0.5, 0.6) is 0 Å². The molecule has 12 heavy (non-hydrogen) atoms. The van der Waals surface area contributed by atoms with Crippen molar-refractivity contribution in [3.05, 3.63) is 6.42 Å². The molecule has 1 aliphatic rings. The van der Waals surface area contributed by atoms with Crippen molar-refractivity contribution in [2.24, 2.45) is 0 Å². The van der Waals surface area contributed by atoms with Crippen LogP contribution in [0.3, 0.4) is 0 Å². The summed E-state index contributed by atoms with van der Waals surface area (Å²) >= 11 is 0. The number of urea groups is 1. The first-order valence-electron chi connectivity index (χ1n) is 4.32. The fraction of sp³-hybridized carbons (Fsp3) is 0.750. The monoisotopic (exact) mass is 170 g/mol. The van der Waals surface area contributed by atoms with Crippen LogP contribution in [0.4, 0.5) is 4.79 Å². The van der Waals surface area contributed by atoms with E-state index in [9.17, 15) is 4.79 Å². The van der Waals surface area contributed by atoms with Crippen molar-refractivity contribution in [2.75, 3.05) is 33.2 Å². The van der Waals surface area contributed by atoms with Crippen molar-refractivity contribution in [1.82, 2.24) is 15.5 Å². The third kappa shape index (κ3) is 3.09. The highest BCUT2D eigenvalue weighted by atomic mass is 16.2. The molecule has 1 rings (SSSR count). The number of hydrogen-bond donors (Lipinski definition) is 2. The molecule has 1 aliphatic heterocycles. The van der Waals surface area contributed by atoms with Crippen LogP contribution in [0.2, 0.25) is 0 Å². The molecule has 0 bridgehead atoms. The third-order valence-electron chi connectivity index (χ3n) is 1.98. The Kier molecular flexibility index (Phi) is 3.87. The highest BCUT2D eigenvalue weighted by Crippen LogP contribution is 2.03. The number of amides is 2. The van der Waals surface area contributed by atoms with E-state index in [0.29, 0.717) is 0 Å². The Balaban J connectivity index is 1.97. The SMILES string of the molecule is CNC(=O)NCCN1C[CH]CC1. The van der Waals surface area contributed by atoms with E-state index in [0.717, 1.165) is 26.2 Å². The molecule has 0 saturated carbocycles. The third-order valence-corrected chi connectivity index (χ3v) is 1.98. The van der Waals surface area contributed by atoms with Gasteiger partial charge in [0.25, 0.3) is 0 Å². The minimum atomic E-state index is -0.0989. The predicted molar refractivity (Wildman–Crippen MR) is 47.8 cm³/mol. The van der Waals surface area contributed by atoms with E-state index >= 15 is 0 Å². The number of nitrogens with one attached hydrogen (secondary N) is 2. The lowest BCUT2D eigenvalue weighted by Crippen LogP contribution is -2.38. The van der Waals surface area contributed by atoms with Gasteiger partial charge in [-0.3, -0.25) is 0 Å². The molecule has 69 valence electrons. The van der Waals surface area contributed by atoms with Crippen LogP contribution in [0.25, 0.3) is 0 Å². The molecule has 0 aromatic rings. The number of carbonyl (C=O) groups is 1. The molecule has 0 atom stereocenters. The quantitative estimate of drug-likeness (QED) is 0.617. The molecule has 1 heterocycles. The van der Waals surface area contributed by atoms with Crippen molar-refractivity contribution in [3.8, 4) is 0 Å². The molecule has 0 aromatic heterocycles. The van der Waals surface area contributed by atoms with Gasteiger partial charge in [-0.15, -0.1) is 0 Å². The standard InChI is InChI=1S/C8H16N3O/c1-9-8(12)10-4-7-11-5-2-3-6-11/h2H,3-7H2,1H3,(H2,9,10,12). The van der Waals surface area contributed by atoms with Gasteiger partial charge < -0.3 is 15.5 Å². The first-order chi connectivity index (χ1) is 5.83. The lowest BCUT2D eigenvalue weighted by molar-refractivity contribution is 0.240. The Bertz CT molecular complexity index is 143. The normalized spacial score (nSPS) is 17.8. The molecule has 2 amide bonds. The minimum absolute atomic E-state index is 0.0989. The molecule has 2 N–H and O–H groups in total. The van der Waals surface area contributed by atoms with Gasteiger partial charge in [0.05, 0.1) is 0 Å². The van der Waals surface area contributed by atoms with E-state index in [4.69, 9.17) is 0 Å². The highest BCUT2D eigenvalue weighted by Gasteiger charge is 2.10. The number of likely N-dealkylation sites (tertiary alicyclic amines) is 1. The first-order valence-corrected chi connectivity index (χ1v) is 4.32. The van der Waals surface area contributed by atoms with Gasteiger partial charge in [-0.25, -0.2) is 4.79 Å². The summed E-state index contributed by atoms with van der Waals surface area (Å²) in [6.07, 6.45) is 3.44. The maximum absolute atomic E-state index is 10.7. The van der Waals surface area contributed by atoms with Gasteiger partial charge in [0.2, 0.25) is 0 Å². The first kappa shape index (κ1) is 9.32. The van der Waals surface area contributed by atoms with Crippen LogP contribution in [-0.4, -0.2) is 44.2 Å². The van der Waals surface area contributed by atoms with Gasteiger partial charge in [-0.05, 0) is 19.4 Å². The zero-order valence-corrected chi connectivity index (χ0v) is 7.47. The van der Waals surface area contributed by atoms with Crippen molar-refractivity contribution < 1.29 is 4.79 Å². The van der Waals surface area contributed by atoms with Crippen molar-refractivity contribution in [3.63, 3.8) is 0 Å². The van der Waals surface area contributed by atoms with Crippen LogP contribution in [0.1, 0.15) is 6.42 Å². The summed E-state index contributed by atoms with van der Waals surface area (Å²) in [5.74, 6) is 0. The van der Waals surface area contributed by atoms with E-state index < -0.39 is 0 Å². The molecule has 4 nitrogen and oxygen atoms in total. The van der Waals surface area contributed by atoms with Crippen molar-refractivity contribution in [2.45, 2.75) is 6.42 Å². The molecule has 0 aromatic carbocycles. The smallest absolute Gasteiger partial charge is 0.314 e. The summed E-state index contributed by atoms with van der Waals surface area (Å²) in [6.45, 7) is 3.88. The maximum Gasteiger partial charge on any atom is 0.314 e. The molecule has 1 saturated heterocycles. The highest BCUT2D eigenvalue weighted by molar-refractivity contribution is 5.73. The summed E-state index contributed by atoms with van der Waals surface area (Å²) in [4.78, 5) is 13.1. The molecule has 1 radical (unpaired) electrons. The fourth-order valence-corrected chi connectivity index (χ4v) is 1.26. The van der Waals surface area contributed by atoms with Crippen LogP contribution < -0.4 is 10.6 Å². The average Bonchev–Trinajstić information content (AvgIpc) is 2.57. The Morgan fingerprint density at radius 3 is 3.08 bits per heavy atom. The van der Waals surface area contributed by atoms with Crippen LogP contribution in [0, 0.1) is 6.42 Å². The largest absolute Gasteiger partial charge is 0.341 e. The lowest BCUT2D eigenvalue weighted by Gasteiger charge is -2.14. The second-order valence-electron chi connectivity index (χ2n) is 2.88. The Morgan fingerprint density at radius 1 is 1.67 bits per heavy atom. The Hall–Kier alpha value is -0.770. The topological polar surface area (TPSA) is 44.4 Å². The average molecular weight is 170 g/mol. The van der Waals surface area contributed by atoms with Crippen molar-refractivity contribution in [1.29, 1.82) is 0 Å². The molecular weight excluding hydrogens is 154 g/mol. The number of hydrogen-bond acceptors (Lipinski definition) is 2. The van der Waals surface area contributed by atoms with Gasteiger partial charge in [0.15, 0.2) is 0 Å². The van der Waals surface area contributed by atoms with Gasteiger partial charge in [0.1, 0.15) is 0 Å². The van der Waals surface area contributed by atoms with Gasteiger partial charge in [-0.2, -0.15) is 0 Å². The summed E-state index contributed by atoms with van der Waals surface area (Å²) in [6, 6.07) is -0.0989. The van der Waals surface area contributed by atoms with Crippen molar-refractivity contribution >= 4 is 6.03 Å². The molecule has 1 fully saturated rings. The second kappa shape index (κ2) is 4.98. The van der Waals surface area contributed by atoms with E-state index in [1.165, 1.54) is 6.42 Å². The zero-order valence-electron chi connectivity index (χ0n) is 7.47. The summed E-state index contributed by atoms with van der Waals surface area (Å²) in [5.41, 5.74) is 0. The lowest BCUT2D eigenvalue weighted by atomic mass is 10.4. The number of carbonyl (C=O) groups excluding carboxylic acids is 1. The summed E-state index contributed by atoms with van der Waals surface area (Å²) in [7, 11) is 1.62. The fourth-order valence-electron chi connectivity index (χ4n) is 1.26. The van der Waals surface area contributed by atoms with E-state index in [1.54, 1.807) is 7.05 Å². The molecular formula is C8H16N3O. The molecule has 0 unspecified atom stereocenters. The molecule has 0 aliphatic carbocycles. The Morgan fingerprint density at radius 2 is 2.50 bits per heavy atom. The van der Waals surface area contributed by atoms with Gasteiger partial charge in [0, 0.05) is 26.7 Å². The van der Waals surface area contributed by atoms with Crippen LogP contribution >= 0.6 is 0 Å². The van der Waals surface area contributed by atoms with E-state index in [2.05, 4.69) is 22.0 Å². The zero-order chi connectivity index (χ0) is 8.81. The summed E-state index contributed by atoms with van der Waals surface area (Å²) in [5, 5.41) is 5.27. The van der Waals surface area contributed by atoms with Gasteiger partial charge in [-0.1, -0.05) is 0 Å². The minimum Gasteiger partial charge on any atom is -0.341 e. The predicted octanol–water partition coefficient (Wildman–Crippen LogP) is -0.175. The Labute approximate surface area is 73.3 Å². The van der Waals surface area contributed by atoms with Gasteiger partial charge >= 0.3 is 6.03 Å². The second-order valence-corrected chi connectivity index (χ2v) is 2.88. The van der Waals surface area contributed by atoms with Crippen LogP contribution in [0.15, 0.2) is 0 Å². The molecule has 0 spiro atoms. The maximum atomic E-state index is 10.7. The number of nitrogens with zero attached hydrogens (tertiary/aromatic N) is 1. The van der Waals surface area contributed by atoms with E-state index in [-0.39, 0.29) is 6.03 Å². The molecule has 4 heteroatoms. The summed E-state index contributed by atoms with van der Waals surface area (Å²) < 4.78 is 0. The van der Waals surface area contributed by atoms with E-state index in [1.807, 2.05) is 0 Å². The number of rotatable bonds is 3.